The maximum atomic E-state index is 12.6. The number of anilines is 2. The molecule has 0 radical (unpaired) electrons. The number of benzene rings is 2. The first-order valence-corrected chi connectivity index (χ1v) is 7.69. The van der Waals surface area contributed by atoms with Crippen LogP contribution in [0.15, 0.2) is 48.5 Å². The molecule has 1 heterocycles. The van der Waals surface area contributed by atoms with Crippen LogP contribution in [0.4, 0.5) is 11.4 Å². The molecule has 0 saturated heterocycles. The molecule has 0 saturated carbocycles. The zero-order valence-electron chi connectivity index (χ0n) is 13.9. The van der Waals surface area contributed by atoms with Crippen LogP contribution in [-0.2, 0) is 11.8 Å². The number of hydrogen-bond acceptors (Lipinski definition) is 2. The first-order valence-electron chi connectivity index (χ1n) is 7.69. The van der Waals surface area contributed by atoms with Crippen molar-refractivity contribution in [3.63, 3.8) is 0 Å². The zero-order chi connectivity index (χ0) is 17.3. The predicted molar refractivity (Wildman–Crippen MR) is 96.4 cm³/mol. The Kier molecular flexibility index (Phi) is 4.08. The van der Waals surface area contributed by atoms with E-state index in [2.05, 4.69) is 16.7 Å². The van der Waals surface area contributed by atoms with Crippen molar-refractivity contribution in [1.82, 2.24) is 4.57 Å². The molecule has 3 rings (SSSR count). The fraction of sp³-hybridized carbons (Fsp3) is 0.158. The van der Waals surface area contributed by atoms with Gasteiger partial charge in [-0.15, -0.1) is 0 Å². The largest absolute Gasteiger partial charge is 0.340 e. The lowest BCUT2D eigenvalue weighted by molar-refractivity contribution is -0.114. The molecule has 1 aromatic heterocycles. The van der Waals surface area contributed by atoms with E-state index in [0.717, 1.165) is 16.5 Å². The Morgan fingerprint density at radius 2 is 1.54 bits per heavy atom. The van der Waals surface area contributed by atoms with Crippen LogP contribution in [0.25, 0.3) is 10.9 Å². The van der Waals surface area contributed by atoms with Crippen LogP contribution in [-0.4, -0.2) is 16.4 Å². The Morgan fingerprint density at radius 1 is 0.917 bits per heavy atom. The van der Waals surface area contributed by atoms with Crippen LogP contribution in [0.1, 0.15) is 23.0 Å². The highest BCUT2D eigenvalue weighted by Gasteiger charge is 2.13. The van der Waals surface area contributed by atoms with E-state index in [9.17, 15) is 9.59 Å². The van der Waals surface area contributed by atoms with Crippen molar-refractivity contribution in [3.05, 3.63) is 59.8 Å². The number of nitrogens with zero attached hydrogens (tertiary/aromatic N) is 1. The molecule has 0 aliphatic rings. The van der Waals surface area contributed by atoms with Crippen LogP contribution >= 0.6 is 0 Å². The van der Waals surface area contributed by atoms with Crippen LogP contribution in [0.3, 0.4) is 0 Å². The molecule has 2 aromatic carbocycles. The SMILES string of the molecule is CC(=O)Nc1ccc(NC(=O)c2cc3cc(C)ccc3n2C)cc1. The number of amides is 2. The lowest BCUT2D eigenvalue weighted by Crippen LogP contribution is -2.15. The van der Waals surface area contributed by atoms with Crippen LogP contribution in [0, 0.1) is 6.92 Å². The van der Waals surface area contributed by atoms with Crippen molar-refractivity contribution >= 4 is 34.1 Å². The van der Waals surface area contributed by atoms with Gasteiger partial charge in [-0.25, -0.2) is 0 Å². The van der Waals surface area contributed by atoms with Gasteiger partial charge in [0.05, 0.1) is 0 Å². The summed E-state index contributed by atoms with van der Waals surface area (Å²) in [6, 6.07) is 15.0. The molecule has 0 aliphatic carbocycles. The average molecular weight is 321 g/mol. The van der Waals surface area contributed by atoms with E-state index in [1.165, 1.54) is 6.92 Å². The van der Waals surface area contributed by atoms with E-state index in [1.807, 2.05) is 36.7 Å². The first kappa shape index (κ1) is 15.8. The van der Waals surface area contributed by atoms with E-state index in [-0.39, 0.29) is 11.8 Å². The Morgan fingerprint density at radius 3 is 2.17 bits per heavy atom. The molecule has 0 fully saturated rings. The van der Waals surface area contributed by atoms with Crippen LogP contribution in [0.5, 0.6) is 0 Å². The lowest BCUT2D eigenvalue weighted by Gasteiger charge is -2.08. The summed E-state index contributed by atoms with van der Waals surface area (Å²) in [5.74, 6) is -0.295. The Hall–Kier alpha value is -3.08. The molecule has 122 valence electrons. The summed E-state index contributed by atoms with van der Waals surface area (Å²) < 4.78 is 1.88. The standard InChI is InChI=1S/C19H19N3O2/c1-12-4-9-17-14(10-12)11-18(22(17)3)19(24)21-16-7-5-15(6-8-16)20-13(2)23/h4-11H,1-3H3,(H,20,23)(H,21,24). The van der Waals surface area contributed by atoms with Gasteiger partial charge in [0.15, 0.2) is 0 Å². The van der Waals surface area contributed by atoms with Gasteiger partial charge in [-0.1, -0.05) is 11.6 Å². The Labute approximate surface area is 140 Å². The predicted octanol–water partition coefficient (Wildman–Crippen LogP) is 3.70. The second-order valence-corrected chi connectivity index (χ2v) is 5.86. The minimum atomic E-state index is -0.168. The number of carbonyl (C=O) groups excluding carboxylic acids is 2. The second-order valence-electron chi connectivity index (χ2n) is 5.86. The van der Waals surface area contributed by atoms with Crippen LogP contribution in [0.2, 0.25) is 0 Å². The van der Waals surface area contributed by atoms with E-state index in [1.54, 1.807) is 24.3 Å². The maximum Gasteiger partial charge on any atom is 0.272 e. The first-order chi connectivity index (χ1) is 11.4. The number of aryl methyl sites for hydroxylation is 2. The summed E-state index contributed by atoms with van der Waals surface area (Å²) in [6.45, 7) is 3.49. The Balaban J connectivity index is 1.82. The highest BCUT2D eigenvalue weighted by atomic mass is 16.2. The molecular formula is C19H19N3O2. The molecular weight excluding hydrogens is 302 g/mol. The Bertz CT molecular complexity index is 924. The maximum absolute atomic E-state index is 12.6. The third-order valence-corrected chi connectivity index (χ3v) is 3.89. The van der Waals surface area contributed by atoms with Gasteiger partial charge in [0.1, 0.15) is 5.69 Å². The normalized spacial score (nSPS) is 10.6. The number of aromatic nitrogens is 1. The number of nitrogens with one attached hydrogen (secondary N) is 2. The summed E-state index contributed by atoms with van der Waals surface area (Å²) in [5.41, 5.74) is 4.15. The topological polar surface area (TPSA) is 63.1 Å². The van der Waals surface area contributed by atoms with Crippen molar-refractivity contribution in [2.75, 3.05) is 10.6 Å². The number of rotatable bonds is 3. The van der Waals surface area contributed by atoms with Crippen molar-refractivity contribution in [3.8, 4) is 0 Å². The minimum absolute atomic E-state index is 0.127. The third kappa shape index (κ3) is 3.15. The molecule has 0 unspecified atom stereocenters. The van der Waals surface area contributed by atoms with E-state index >= 15 is 0 Å². The van der Waals surface area contributed by atoms with Crippen molar-refractivity contribution in [2.45, 2.75) is 13.8 Å². The zero-order valence-corrected chi connectivity index (χ0v) is 13.9. The molecule has 3 aromatic rings. The van der Waals surface area contributed by atoms with Gasteiger partial charge in [-0.05, 0) is 49.4 Å². The van der Waals surface area contributed by atoms with E-state index in [4.69, 9.17) is 0 Å². The van der Waals surface area contributed by atoms with E-state index in [0.29, 0.717) is 17.1 Å². The van der Waals surface area contributed by atoms with Crippen LogP contribution < -0.4 is 10.6 Å². The summed E-state index contributed by atoms with van der Waals surface area (Å²) in [7, 11) is 1.88. The molecule has 0 bridgehead atoms. The van der Waals surface area contributed by atoms with Gasteiger partial charge < -0.3 is 15.2 Å². The molecule has 24 heavy (non-hydrogen) atoms. The van der Waals surface area contributed by atoms with Gasteiger partial charge in [0.25, 0.3) is 5.91 Å². The summed E-state index contributed by atoms with van der Waals surface area (Å²) >= 11 is 0. The highest BCUT2D eigenvalue weighted by molar-refractivity contribution is 6.06. The van der Waals surface area contributed by atoms with Crippen molar-refractivity contribution in [1.29, 1.82) is 0 Å². The molecule has 5 heteroatoms. The number of carbonyl (C=O) groups is 2. The fourth-order valence-corrected chi connectivity index (χ4v) is 2.72. The summed E-state index contributed by atoms with van der Waals surface area (Å²) in [6.07, 6.45) is 0. The van der Waals surface area contributed by atoms with Crippen molar-refractivity contribution < 1.29 is 9.59 Å². The smallest absolute Gasteiger partial charge is 0.272 e. The number of fused-ring (bicyclic) bond motifs is 1. The molecule has 2 amide bonds. The molecule has 0 aliphatic heterocycles. The third-order valence-electron chi connectivity index (χ3n) is 3.89. The molecule has 0 spiro atoms. The number of hydrogen-bond donors (Lipinski definition) is 2. The van der Waals surface area contributed by atoms with Gasteiger partial charge in [0, 0.05) is 36.2 Å². The quantitative estimate of drug-likeness (QED) is 0.772. The molecule has 5 nitrogen and oxygen atoms in total. The minimum Gasteiger partial charge on any atom is -0.340 e. The second kappa shape index (κ2) is 6.20. The lowest BCUT2D eigenvalue weighted by atomic mass is 10.2. The van der Waals surface area contributed by atoms with E-state index < -0.39 is 0 Å². The average Bonchev–Trinajstić information content (AvgIpc) is 2.85. The molecule has 2 N–H and O–H groups in total. The van der Waals surface area contributed by atoms with Gasteiger partial charge >= 0.3 is 0 Å². The summed E-state index contributed by atoms with van der Waals surface area (Å²) in [5, 5.41) is 6.62. The van der Waals surface area contributed by atoms with Gasteiger partial charge in [0.2, 0.25) is 5.91 Å². The highest BCUT2D eigenvalue weighted by Crippen LogP contribution is 2.21. The monoisotopic (exact) mass is 321 g/mol. The fourth-order valence-electron chi connectivity index (χ4n) is 2.72. The molecule has 0 atom stereocenters. The summed E-state index contributed by atoms with van der Waals surface area (Å²) in [4.78, 5) is 23.6. The van der Waals surface area contributed by atoms with Gasteiger partial charge in [-0.2, -0.15) is 0 Å². The van der Waals surface area contributed by atoms with Gasteiger partial charge in [-0.3, -0.25) is 9.59 Å². The van der Waals surface area contributed by atoms with Crippen molar-refractivity contribution in [2.24, 2.45) is 7.05 Å².